The molecule has 3 N–H and O–H groups in total. The fraction of sp³-hybridized carbons (Fsp3) is 0.929. The molecule has 2 unspecified atom stereocenters. The Balaban J connectivity index is 2.43. The lowest BCUT2D eigenvalue weighted by molar-refractivity contribution is 0.0477. The average Bonchev–Trinajstić information content (AvgIpc) is 2.98. The second-order valence-corrected chi connectivity index (χ2v) is 6.62. The van der Waals surface area contributed by atoms with Gasteiger partial charge in [0.2, 0.25) is 0 Å². The van der Waals surface area contributed by atoms with Crippen LogP contribution in [0.2, 0.25) is 0 Å². The smallest absolute Gasteiger partial charge is 0.407 e. The van der Waals surface area contributed by atoms with Gasteiger partial charge < -0.3 is 15.8 Å². The summed E-state index contributed by atoms with van der Waals surface area (Å²) >= 11 is 0. The van der Waals surface area contributed by atoms with E-state index in [0.717, 1.165) is 12.5 Å². The van der Waals surface area contributed by atoms with Crippen LogP contribution in [0.3, 0.4) is 0 Å². The number of nitrogens with zero attached hydrogens (tertiary/aromatic N) is 1. The minimum atomic E-state index is -0.470. The van der Waals surface area contributed by atoms with E-state index in [1.54, 1.807) is 0 Å². The van der Waals surface area contributed by atoms with Crippen LogP contribution in [0.1, 0.15) is 40.5 Å². The normalized spacial score (nSPS) is 19.1. The van der Waals surface area contributed by atoms with E-state index in [4.69, 9.17) is 10.5 Å². The molecule has 5 heteroatoms. The predicted molar refractivity (Wildman–Crippen MR) is 77.0 cm³/mol. The van der Waals surface area contributed by atoms with Crippen LogP contribution in [-0.4, -0.2) is 48.8 Å². The summed E-state index contributed by atoms with van der Waals surface area (Å²) in [5.74, 6) is 0.813. The van der Waals surface area contributed by atoms with Crippen molar-refractivity contribution in [2.75, 3.05) is 20.1 Å². The maximum atomic E-state index is 11.8. The van der Waals surface area contributed by atoms with Crippen molar-refractivity contribution in [3.05, 3.63) is 0 Å². The van der Waals surface area contributed by atoms with Crippen molar-refractivity contribution in [3.8, 4) is 0 Å². The van der Waals surface area contributed by atoms with Crippen LogP contribution in [0, 0.1) is 5.92 Å². The van der Waals surface area contributed by atoms with Crippen LogP contribution in [0.4, 0.5) is 4.79 Å². The monoisotopic (exact) mass is 271 g/mol. The van der Waals surface area contributed by atoms with E-state index in [0.29, 0.717) is 6.54 Å². The first kappa shape index (κ1) is 16.2. The number of carbonyl (C=O) groups excluding carboxylic acids is 1. The Morgan fingerprint density at radius 1 is 1.47 bits per heavy atom. The largest absolute Gasteiger partial charge is 0.444 e. The molecule has 1 amide bonds. The Labute approximate surface area is 116 Å². The van der Waals surface area contributed by atoms with Gasteiger partial charge in [-0.1, -0.05) is 0 Å². The summed E-state index contributed by atoms with van der Waals surface area (Å²) in [5, 5.41) is 2.88. The van der Waals surface area contributed by atoms with Crippen LogP contribution in [0.5, 0.6) is 0 Å². The maximum absolute atomic E-state index is 11.8. The summed E-state index contributed by atoms with van der Waals surface area (Å²) in [6.45, 7) is 9.14. The number of hydrogen-bond acceptors (Lipinski definition) is 4. The van der Waals surface area contributed by atoms with Crippen molar-refractivity contribution in [2.45, 2.75) is 58.2 Å². The lowest BCUT2D eigenvalue weighted by atomic mass is 10.1. The lowest BCUT2D eigenvalue weighted by Crippen LogP contribution is -2.53. The first-order valence-corrected chi connectivity index (χ1v) is 7.12. The first-order chi connectivity index (χ1) is 8.73. The molecule has 2 atom stereocenters. The topological polar surface area (TPSA) is 67.6 Å². The van der Waals surface area contributed by atoms with Crippen LogP contribution in [-0.2, 0) is 4.74 Å². The van der Waals surface area contributed by atoms with Crippen molar-refractivity contribution in [1.29, 1.82) is 0 Å². The van der Waals surface area contributed by atoms with Gasteiger partial charge in [0.15, 0.2) is 0 Å². The number of carbonyl (C=O) groups is 1. The molecule has 1 saturated carbocycles. The van der Waals surface area contributed by atoms with Gasteiger partial charge in [-0.15, -0.1) is 0 Å². The van der Waals surface area contributed by atoms with Crippen LogP contribution < -0.4 is 11.1 Å². The number of nitrogens with one attached hydrogen (secondary N) is 1. The highest BCUT2D eigenvalue weighted by molar-refractivity contribution is 5.68. The van der Waals surface area contributed by atoms with E-state index in [-0.39, 0.29) is 18.2 Å². The van der Waals surface area contributed by atoms with E-state index >= 15 is 0 Å². The summed E-state index contributed by atoms with van der Waals surface area (Å²) in [5.41, 5.74) is 5.37. The molecule has 1 fully saturated rings. The van der Waals surface area contributed by atoms with Crippen molar-refractivity contribution in [1.82, 2.24) is 10.2 Å². The zero-order chi connectivity index (χ0) is 14.6. The summed E-state index contributed by atoms with van der Waals surface area (Å²) in [6.07, 6.45) is 2.25. The maximum Gasteiger partial charge on any atom is 0.407 e. The summed E-state index contributed by atoms with van der Waals surface area (Å²) in [6, 6.07) is 0.122. The number of ether oxygens (including phenoxy) is 1. The Bertz CT molecular complexity index is 298. The SMILES string of the molecule is CC(NC(=O)OC(C)(C)C)C(CN)N(C)CC1CC1. The van der Waals surface area contributed by atoms with Gasteiger partial charge in [-0.3, -0.25) is 4.90 Å². The number of amides is 1. The minimum absolute atomic E-state index is 0.0244. The van der Waals surface area contributed by atoms with E-state index in [1.165, 1.54) is 12.8 Å². The molecule has 0 aliphatic heterocycles. The highest BCUT2D eigenvalue weighted by Crippen LogP contribution is 2.29. The molecule has 19 heavy (non-hydrogen) atoms. The summed E-state index contributed by atoms with van der Waals surface area (Å²) in [7, 11) is 2.07. The van der Waals surface area contributed by atoms with E-state index in [2.05, 4.69) is 17.3 Å². The lowest BCUT2D eigenvalue weighted by Gasteiger charge is -2.33. The van der Waals surface area contributed by atoms with Crippen molar-refractivity contribution in [3.63, 3.8) is 0 Å². The average molecular weight is 271 g/mol. The van der Waals surface area contributed by atoms with Crippen LogP contribution >= 0.6 is 0 Å². The van der Waals surface area contributed by atoms with Gasteiger partial charge in [-0.2, -0.15) is 0 Å². The van der Waals surface area contributed by atoms with Gasteiger partial charge >= 0.3 is 6.09 Å². The molecule has 1 aliphatic rings. The molecular weight excluding hydrogens is 242 g/mol. The third-order valence-corrected chi connectivity index (χ3v) is 3.37. The summed E-state index contributed by atoms with van der Waals surface area (Å²) in [4.78, 5) is 14.0. The number of hydrogen-bond donors (Lipinski definition) is 2. The fourth-order valence-electron chi connectivity index (χ4n) is 2.20. The molecule has 0 aromatic rings. The van der Waals surface area contributed by atoms with Crippen LogP contribution in [0.15, 0.2) is 0 Å². The second-order valence-electron chi connectivity index (χ2n) is 6.62. The van der Waals surface area contributed by atoms with Gasteiger partial charge in [-0.05, 0) is 53.5 Å². The fourth-order valence-corrected chi connectivity index (χ4v) is 2.20. The Morgan fingerprint density at radius 2 is 2.05 bits per heavy atom. The second kappa shape index (κ2) is 6.57. The zero-order valence-corrected chi connectivity index (χ0v) is 12.9. The third-order valence-electron chi connectivity index (χ3n) is 3.37. The number of alkyl carbamates (subject to hydrolysis) is 1. The first-order valence-electron chi connectivity index (χ1n) is 7.12. The standard InChI is InChI=1S/C14H29N3O2/c1-10(16-13(18)19-14(2,3)4)12(8-15)17(5)9-11-6-7-11/h10-12H,6-9,15H2,1-5H3,(H,16,18). The Kier molecular flexibility index (Phi) is 5.62. The molecule has 112 valence electrons. The molecule has 0 bridgehead atoms. The molecule has 0 heterocycles. The molecule has 1 aliphatic carbocycles. The van der Waals surface area contributed by atoms with Gasteiger partial charge in [0, 0.05) is 25.2 Å². The Hall–Kier alpha value is -0.810. The van der Waals surface area contributed by atoms with Gasteiger partial charge in [0.25, 0.3) is 0 Å². The van der Waals surface area contributed by atoms with E-state index in [1.807, 2.05) is 27.7 Å². The number of rotatable bonds is 6. The molecule has 0 spiro atoms. The molecular formula is C14H29N3O2. The van der Waals surface area contributed by atoms with Gasteiger partial charge in [-0.25, -0.2) is 4.79 Å². The molecule has 0 aromatic heterocycles. The molecule has 0 aromatic carbocycles. The minimum Gasteiger partial charge on any atom is -0.444 e. The van der Waals surface area contributed by atoms with Crippen molar-refractivity contribution >= 4 is 6.09 Å². The molecule has 1 rings (SSSR count). The summed E-state index contributed by atoms with van der Waals surface area (Å²) < 4.78 is 5.27. The number of nitrogens with two attached hydrogens (primary N) is 1. The quantitative estimate of drug-likeness (QED) is 0.769. The molecule has 0 radical (unpaired) electrons. The highest BCUT2D eigenvalue weighted by Gasteiger charge is 2.29. The van der Waals surface area contributed by atoms with E-state index < -0.39 is 5.60 Å². The van der Waals surface area contributed by atoms with E-state index in [9.17, 15) is 4.79 Å². The van der Waals surface area contributed by atoms with Crippen molar-refractivity contribution in [2.24, 2.45) is 11.7 Å². The van der Waals surface area contributed by atoms with Crippen LogP contribution in [0.25, 0.3) is 0 Å². The Morgan fingerprint density at radius 3 is 2.47 bits per heavy atom. The third kappa shape index (κ3) is 6.25. The highest BCUT2D eigenvalue weighted by atomic mass is 16.6. The van der Waals surface area contributed by atoms with Gasteiger partial charge in [0.05, 0.1) is 0 Å². The molecule has 0 saturated heterocycles. The van der Waals surface area contributed by atoms with Crippen molar-refractivity contribution < 1.29 is 9.53 Å². The zero-order valence-electron chi connectivity index (χ0n) is 12.9. The predicted octanol–water partition coefficient (Wildman–Crippen LogP) is 1.57. The number of likely N-dealkylation sites (N-methyl/N-ethyl adjacent to an activating group) is 1. The molecule has 5 nitrogen and oxygen atoms in total. The van der Waals surface area contributed by atoms with Gasteiger partial charge in [0.1, 0.15) is 5.60 Å².